The Balaban J connectivity index is 2.94. The molecule has 0 aromatic heterocycles. The molecule has 0 saturated heterocycles. The summed E-state index contributed by atoms with van der Waals surface area (Å²) in [5.74, 6) is -0.422. The van der Waals surface area contributed by atoms with Crippen LogP contribution in [0.15, 0.2) is 29.2 Å². The van der Waals surface area contributed by atoms with Gasteiger partial charge in [0.25, 0.3) is 5.91 Å². The second-order valence-corrected chi connectivity index (χ2v) is 4.86. The number of benzene rings is 1. The van der Waals surface area contributed by atoms with E-state index in [-0.39, 0.29) is 18.2 Å². The summed E-state index contributed by atoms with van der Waals surface area (Å²) in [4.78, 5) is 25.9. The highest BCUT2D eigenvalue weighted by Crippen LogP contribution is 2.23. The minimum atomic E-state index is -0.456. The predicted molar refractivity (Wildman–Crippen MR) is 76.4 cm³/mol. The Kier molecular flexibility index (Phi) is 6.60. The Labute approximate surface area is 122 Å². The molecule has 1 rings (SSSR count). The normalized spacial score (nSPS) is 9.65. The monoisotopic (exact) mass is 292 g/mol. The number of likely N-dealkylation sites (N-methyl/N-ethyl adjacent to an activating group) is 1. The van der Waals surface area contributed by atoms with E-state index in [1.165, 1.54) is 23.8 Å². The molecule has 0 fully saturated rings. The fourth-order valence-corrected chi connectivity index (χ4v) is 2.30. The van der Waals surface area contributed by atoms with Crippen LogP contribution in [0.4, 0.5) is 0 Å². The Hall–Kier alpha value is -2.00. The number of nitriles is 1. The highest BCUT2D eigenvalue weighted by atomic mass is 32.2. The summed E-state index contributed by atoms with van der Waals surface area (Å²) in [6, 6.07) is 9.09. The maximum Gasteiger partial charge on any atom is 0.325 e. The maximum atomic E-state index is 12.4. The number of carbonyl (C=O) groups is 2. The van der Waals surface area contributed by atoms with E-state index in [4.69, 9.17) is 5.26 Å². The molecule has 5 nitrogen and oxygen atoms in total. The van der Waals surface area contributed by atoms with Gasteiger partial charge < -0.3 is 9.64 Å². The number of hydrogen-bond donors (Lipinski definition) is 0. The number of rotatable bonds is 6. The lowest BCUT2D eigenvalue weighted by Gasteiger charge is -2.20. The molecular weight excluding hydrogens is 276 g/mol. The van der Waals surface area contributed by atoms with Gasteiger partial charge >= 0.3 is 5.97 Å². The summed E-state index contributed by atoms with van der Waals surface area (Å²) in [5, 5.41) is 8.64. The molecule has 1 aromatic carbocycles. The molecule has 20 heavy (non-hydrogen) atoms. The SMILES string of the molecule is CCN(CC(=O)OC)C(=O)c1ccccc1SCC#N. The number of ether oxygens (including phenoxy) is 1. The number of esters is 1. The van der Waals surface area contributed by atoms with E-state index in [0.29, 0.717) is 12.1 Å². The molecule has 6 heteroatoms. The van der Waals surface area contributed by atoms with Gasteiger partial charge in [0, 0.05) is 11.4 Å². The van der Waals surface area contributed by atoms with Crippen molar-refractivity contribution in [3.8, 4) is 6.07 Å². The van der Waals surface area contributed by atoms with Gasteiger partial charge in [-0.3, -0.25) is 9.59 Å². The summed E-state index contributed by atoms with van der Waals surface area (Å²) in [7, 11) is 1.29. The molecular formula is C14H16N2O3S. The molecule has 0 aliphatic carbocycles. The van der Waals surface area contributed by atoms with Crippen LogP contribution in [-0.4, -0.2) is 42.7 Å². The molecule has 0 unspecified atom stereocenters. The first-order valence-electron chi connectivity index (χ1n) is 6.08. The summed E-state index contributed by atoms with van der Waals surface area (Å²) in [5.41, 5.74) is 0.499. The zero-order valence-electron chi connectivity index (χ0n) is 11.5. The van der Waals surface area contributed by atoms with E-state index in [1.54, 1.807) is 25.1 Å². The van der Waals surface area contributed by atoms with Gasteiger partial charge in [0.05, 0.1) is 24.5 Å². The second-order valence-electron chi connectivity index (χ2n) is 3.84. The van der Waals surface area contributed by atoms with E-state index in [2.05, 4.69) is 4.74 Å². The predicted octanol–water partition coefficient (Wildman–Crippen LogP) is 1.94. The van der Waals surface area contributed by atoms with Crippen LogP contribution in [0.1, 0.15) is 17.3 Å². The largest absolute Gasteiger partial charge is 0.468 e. The molecule has 0 saturated carbocycles. The zero-order chi connectivity index (χ0) is 15.0. The summed E-state index contributed by atoms with van der Waals surface area (Å²) in [6.07, 6.45) is 0. The van der Waals surface area contributed by atoms with Gasteiger partial charge in [-0.05, 0) is 19.1 Å². The lowest BCUT2D eigenvalue weighted by Crippen LogP contribution is -2.36. The quantitative estimate of drug-likeness (QED) is 0.592. The summed E-state index contributed by atoms with van der Waals surface area (Å²) >= 11 is 1.30. The van der Waals surface area contributed by atoms with Crippen LogP contribution in [0.2, 0.25) is 0 Å². The number of amides is 1. The van der Waals surface area contributed by atoms with Crippen LogP contribution in [-0.2, 0) is 9.53 Å². The average Bonchev–Trinajstić information content (AvgIpc) is 2.49. The minimum Gasteiger partial charge on any atom is -0.468 e. The number of carbonyl (C=O) groups excluding carboxylic acids is 2. The molecule has 0 aliphatic heterocycles. The molecule has 1 aromatic rings. The van der Waals surface area contributed by atoms with E-state index >= 15 is 0 Å². The van der Waals surface area contributed by atoms with Gasteiger partial charge in [0.2, 0.25) is 0 Å². The van der Waals surface area contributed by atoms with Gasteiger partial charge in [0.1, 0.15) is 6.54 Å². The van der Waals surface area contributed by atoms with E-state index in [0.717, 1.165) is 4.90 Å². The van der Waals surface area contributed by atoms with Crippen molar-refractivity contribution in [3.63, 3.8) is 0 Å². The van der Waals surface area contributed by atoms with E-state index in [9.17, 15) is 9.59 Å². The lowest BCUT2D eigenvalue weighted by molar-refractivity contribution is -0.141. The molecule has 0 aliphatic rings. The standard InChI is InChI=1S/C14H16N2O3S/c1-3-16(10-13(17)19-2)14(18)11-6-4-5-7-12(11)20-9-8-15/h4-7H,3,9-10H2,1-2H3. The van der Waals surface area contributed by atoms with Crippen LogP contribution in [0.3, 0.4) is 0 Å². The van der Waals surface area contributed by atoms with Gasteiger partial charge in [-0.1, -0.05) is 12.1 Å². The third-order valence-electron chi connectivity index (χ3n) is 2.63. The topological polar surface area (TPSA) is 70.4 Å². The summed E-state index contributed by atoms with van der Waals surface area (Å²) < 4.78 is 4.58. The number of nitrogens with zero attached hydrogens (tertiary/aromatic N) is 2. The smallest absolute Gasteiger partial charge is 0.325 e. The Bertz CT molecular complexity index is 525. The van der Waals surface area contributed by atoms with Gasteiger partial charge in [-0.15, -0.1) is 11.8 Å². The second kappa shape index (κ2) is 8.23. The van der Waals surface area contributed by atoms with Crippen molar-refractivity contribution in [1.82, 2.24) is 4.90 Å². The molecule has 1 amide bonds. The average molecular weight is 292 g/mol. The molecule has 0 bridgehead atoms. The molecule has 106 valence electrons. The number of thioether (sulfide) groups is 1. The van der Waals surface area contributed by atoms with Crippen molar-refractivity contribution in [3.05, 3.63) is 29.8 Å². The van der Waals surface area contributed by atoms with Crippen molar-refractivity contribution in [2.24, 2.45) is 0 Å². The highest BCUT2D eigenvalue weighted by Gasteiger charge is 2.20. The number of hydrogen-bond acceptors (Lipinski definition) is 5. The van der Waals surface area contributed by atoms with Crippen LogP contribution in [0.5, 0.6) is 0 Å². The van der Waals surface area contributed by atoms with Crippen molar-refractivity contribution in [2.75, 3.05) is 26.0 Å². The summed E-state index contributed by atoms with van der Waals surface area (Å²) in [6.45, 7) is 2.13. The van der Waals surface area contributed by atoms with Crippen molar-refractivity contribution in [2.45, 2.75) is 11.8 Å². The van der Waals surface area contributed by atoms with Gasteiger partial charge in [-0.25, -0.2) is 0 Å². The van der Waals surface area contributed by atoms with Crippen LogP contribution in [0.25, 0.3) is 0 Å². The fraction of sp³-hybridized carbons (Fsp3) is 0.357. The third kappa shape index (κ3) is 4.28. The number of methoxy groups -OCH3 is 1. The van der Waals surface area contributed by atoms with Crippen LogP contribution < -0.4 is 0 Å². The zero-order valence-corrected chi connectivity index (χ0v) is 12.3. The first kappa shape index (κ1) is 16.1. The van der Waals surface area contributed by atoms with Crippen molar-refractivity contribution in [1.29, 1.82) is 5.26 Å². The van der Waals surface area contributed by atoms with Gasteiger partial charge in [-0.2, -0.15) is 5.26 Å². The Morgan fingerprint density at radius 3 is 2.70 bits per heavy atom. The maximum absolute atomic E-state index is 12.4. The Morgan fingerprint density at radius 1 is 1.40 bits per heavy atom. The minimum absolute atomic E-state index is 0.0803. The first-order valence-corrected chi connectivity index (χ1v) is 7.07. The van der Waals surface area contributed by atoms with Gasteiger partial charge in [0.15, 0.2) is 0 Å². The molecule has 0 atom stereocenters. The Morgan fingerprint density at radius 2 is 2.10 bits per heavy atom. The van der Waals surface area contributed by atoms with E-state index in [1.807, 2.05) is 12.1 Å². The van der Waals surface area contributed by atoms with Crippen LogP contribution >= 0.6 is 11.8 Å². The molecule has 0 spiro atoms. The van der Waals surface area contributed by atoms with Crippen LogP contribution in [0, 0.1) is 11.3 Å². The van der Waals surface area contributed by atoms with Crippen molar-refractivity contribution >= 4 is 23.6 Å². The third-order valence-corrected chi connectivity index (χ3v) is 3.57. The highest BCUT2D eigenvalue weighted by molar-refractivity contribution is 7.99. The fourth-order valence-electron chi connectivity index (χ4n) is 1.60. The first-order chi connectivity index (χ1) is 9.63. The molecule has 0 heterocycles. The van der Waals surface area contributed by atoms with E-state index < -0.39 is 5.97 Å². The molecule has 0 N–H and O–H groups in total. The van der Waals surface area contributed by atoms with Crippen molar-refractivity contribution < 1.29 is 14.3 Å². The lowest BCUT2D eigenvalue weighted by atomic mass is 10.2. The molecule has 0 radical (unpaired) electrons.